The molecule has 2 rings (SSSR count). The van der Waals surface area contributed by atoms with Crippen molar-refractivity contribution in [3.05, 3.63) is 44.4 Å². The summed E-state index contributed by atoms with van der Waals surface area (Å²) in [4.78, 5) is 28.2. The minimum atomic E-state index is -3.45. The van der Waals surface area contributed by atoms with Crippen molar-refractivity contribution in [2.75, 3.05) is 6.26 Å². The smallest absolute Gasteiger partial charge is 0.347 e. The number of thiazole rings is 1. The number of carboxylic acid groups (broad SMARTS) is 1. The van der Waals surface area contributed by atoms with E-state index in [1.807, 2.05) is 0 Å². The number of carboxylic acids is 1. The molecule has 2 aromatic rings. The third-order valence-electron chi connectivity index (χ3n) is 4.04. The van der Waals surface area contributed by atoms with E-state index >= 15 is 0 Å². The van der Waals surface area contributed by atoms with Crippen molar-refractivity contribution in [2.45, 2.75) is 38.6 Å². The first-order valence-corrected chi connectivity index (χ1v) is 10.5. The standard InChI is InChI=1S/C17H20N2O5S2/c1-8-6-12(26(5,23)24)7-13(9(8)2)15(20)18-11(4)16-19-10(3)14(25-16)17(21)22/h6-7,11H,1-5H3,(H,18,20)(H,21,22). The van der Waals surface area contributed by atoms with Crippen LogP contribution in [0.4, 0.5) is 0 Å². The van der Waals surface area contributed by atoms with Gasteiger partial charge in [0.15, 0.2) is 9.84 Å². The zero-order valence-corrected chi connectivity index (χ0v) is 16.7. The third-order valence-corrected chi connectivity index (χ3v) is 6.46. The Morgan fingerprint density at radius 1 is 1.23 bits per heavy atom. The molecular weight excluding hydrogens is 376 g/mol. The van der Waals surface area contributed by atoms with Crippen molar-refractivity contribution in [3.63, 3.8) is 0 Å². The van der Waals surface area contributed by atoms with E-state index in [1.165, 1.54) is 12.1 Å². The Labute approximate surface area is 156 Å². The fourth-order valence-electron chi connectivity index (χ4n) is 2.41. The minimum absolute atomic E-state index is 0.0802. The van der Waals surface area contributed by atoms with Gasteiger partial charge in [-0.1, -0.05) is 0 Å². The van der Waals surface area contributed by atoms with Crippen LogP contribution in [0.1, 0.15) is 54.8 Å². The van der Waals surface area contributed by atoms with Crippen LogP contribution >= 0.6 is 11.3 Å². The van der Waals surface area contributed by atoms with Gasteiger partial charge >= 0.3 is 5.97 Å². The number of hydrogen-bond acceptors (Lipinski definition) is 6. The Bertz CT molecular complexity index is 993. The van der Waals surface area contributed by atoms with Gasteiger partial charge in [0.1, 0.15) is 9.88 Å². The van der Waals surface area contributed by atoms with Crippen LogP contribution in [0.3, 0.4) is 0 Å². The van der Waals surface area contributed by atoms with E-state index in [0.717, 1.165) is 17.6 Å². The summed E-state index contributed by atoms with van der Waals surface area (Å²) >= 11 is 1.01. The van der Waals surface area contributed by atoms with Gasteiger partial charge in [-0.05, 0) is 51.0 Å². The maximum Gasteiger partial charge on any atom is 0.347 e. The summed E-state index contributed by atoms with van der Waals surface area (Å²) in [5.41, 5.74) is 2.04. The van der Waals surface area contributed by atoms with E-state index < -0.39 is 27.8 Å². The number of benzene rings is 1. The van der Waals surface area contributed by atoms with Gasteiger partial charge in [-0.15, -0.1) is 11.3 Å². The lowest BCUT2D eigenvalue weighted by molar-refractivity contribution is 0.0700. The highest BCUT2D eigenvalue weighted by Crippen LogP contribution is 2.25. The van der Waals surface area contributed by atoms with Crippen LogP contribution in [-0.2, 0) is 9.84 Å². The van der Waals surface area contributed by atoms with Gasteiger partial charge in [-0.25, -0.2) is 18.2 Å². The van der Waals surface area contributed by atoms with Crippen molar-refractivity contribution in [2.24, 2.45) is 0 Å². The molecule has 1 atom stereocenters. The number of aromatic carboxylic acids is 1. The maximum atomic E-state index is 12.7. The Hall–Kier alpha value is -2.26. The number of hydrogen-bond donors (Lipinski definition) is 2. The number of nitrogens with zero attached hydrogens (tertiary/aromatic N) is 1. The highest BCUT2D eigenvalue weighted by atomic mass is 32.2. The molecular formula is C17H20N2O5S2. The van der Waals surface area contributed by atoms with E-state index in [-0.39, 0.29) is 15.3 Å². The van der Waals surface area contributed by atoms with Crippen molar-refractivity contribution in [1.82, 2.24) is 10.3 Å². The molecule has 26 heavy (non-hydrogen) atoms. The van der Waals surface area contributed by atoms with E-state index in [0.29, 0.717) is 21.8 Å². The van der Waals surface area contributed by atoms with Crippen LogP contribution in [0.5, 0.6) is 0 Å². The van der Waals surface area contributed by atoms with Crippen LogP contribution in [0, 0.1) is 20.8 Å². The Balaban J connectivity index is 2.34. The predicted octanol–water partition coefficient (Wildman–Crippen LogP) is 2.66. The second-order valence-electron chi connectivity index (χ2n) is 6.15. The summed E-state index contributed by atoms with van der Waals surface area (Å²) in [5.74, 6) is -1.49. The van der Waals surface area contributed by atoms with Crippen LogP contribution in [0.25, 0.3) is 0 Å². The average Bonchev–Trinajstić information content (AvgIpc) is 2.90. The van der Waals surface area contributed by atoms with Crippen molar-refractivity contribution in [1.29, 1.82) is 0 Å². The maximum absolute atomic E-state index is 12.7. The van der Waals surface area contributed by atoms with Gasteiger partial charge in [0.05, 0.1) is 16.6 Å². The number of carbonyl (C=O) groups is 2. The largest absolute Gasteiger partial charge is 0.477 e. The molecule has 0 aliphatic heterocycles. The summed E-state index contributed by atoms with van der Waals surface area (Å²) in [6.45, 7) is 6.79. The molecule has 9 heteroatoms. The van der Waals surface area contributed by atoms with E-state index in [9.17, 15) is 18.0 Å². The highest BCUT2D eigenvalue weighted by molar-refractivity contribution is 7.90. The molecule has 1 amide bonds. The van der Waals surface area contributed by atoms with Crippen molar-refractivity contribution >= 4 is 33.1 Å². The molecule has 1 unspecified atom stereocenters. The van der Waals surface area contributed by atoms with Crippen LogP contribution in [0.15, 0.2) is 17.0 Å². The second kappa shape index (κ2) is 7.16. The summed E-state index contributed by atoms with van der Waals surface area (Å²) in [5, 5.41) is 12.4. The lowest BCUT2D eigenvalue weighted by Crippen LogP contribution is -2.27. The molecule has 0 spiro atoms. The molecule has 0 radical (unpaired) electrons. The number of sulfone groups is 1. The molecule has 0 bridgehead atoms. The normalized spacial score (nSPS) is 12.7. The molecule has 7 nitrogen and oxygen atoms in total. The molecule has 1 aromatic heterocycles. The summed E-state index contributed by atoms with van der Waals surface area (Å²) in [7, 11) is -3.45. The first-order chi connectivity index (χ1) is 11.9. The number of aromatic nitrogens is 1. The number of amides is 1. The summed E-state index contributed by atoms with van der Waals surface area (Å²) < 4.78 is 23.6. The molecule has 2 N–H and O–H groups in total. The first-order valence-electron chi connectivity index (χ1n) is 7.74. The Kier molecular flexibility index (Phi) is 5.52. The predicted molar refractivity (Wildman–Crippen MR) is 98.7 cm³/mol. The topological polar surface area (TPSA) is 113 Å². The molecule has 0 aliphatic rings. The van der Waals surface area contributed by atoms with Crippen LogP contribution in [0.2, 0.25) is 0 Å². The summed E-state index contributed by atoms with van der Waals surface area (Å²) in [6, 6.07) is 2.38. The molecule has 0 saturated heterocycles. The number of nitrogens with one attached hydrogen (secondary N) is 1. The molecule has 0 aliphatic carbocycles. The van der Waals surface area contributed by atoms with E-state index in [4.69, 9.17) is 5.11 Å². The molecule has 1 heterocycles. The van der Waals surface area contributed by atoms with E-state index in [1.54, 1.807) is 27.7 Å². The van der Waals surface area contributed by atoms with E-state index in [2.05, 4.69) is 10.3 Å². The van der Waals surface area contributed by atoms with Crippen molar-refractivity contribution in [3.8, 4) is 0 Å². The highest BCUT2D eigenvalue weighted by Gasteiger charge is 2.22. The zero-order valence-electron chi connectivity index (χ0n) is 15.1. The Morgan fingerprint density at radius 2 is 1.85 bits per heavy atom. The number of rotatable bonds is 5. The molecule has 0 saturated carbocycles. The minimum Gasteiger partial charge on any atom is -0.477 e. The van der Waals surface area contributed by atoms with Gasteiger partial charge in [-0.2, -0.15) is 0 Å². The fraction of sp³-hybridized carbons (Fsp3) is 0.353. The first kappa shape index (κ1) is 20.1. The lowest BCUT2D eigenvalue weighted by Gasteiger charge is -2.15. The summed E-state index contributed by atoms with van der Waals surface area (Å²) in [6.07, 6.45) is 1.09. The zero-order chi connectivity index (χ0) is 19.8. The second-order valence-corrected chi connectivity index (χ2v) is 9.20. The van der Waals surface area contributed by atoms with Crippen LogP contribution in [-0.4, -0.2) is 36.6 Å². The van der Waals surface area contributed by atoms with Crippen LogP contribution < -0.4 is 5.32 Å². The lowest BCUT2D eigenvalue weighted by atomic mass is 10.0. The Morgan fingerprint density at radius 3 is 2.35 bits per heavy atom. The van der Waals surface area contributed by atoms with Gasteiger partial charge in [-0.3, -0.25) is 4.79 Å². The quantitative estimate of drug-likeness (QED) is 0.803. The van der Waals surface area contributed by atoms with Gasteiger partial charge in [0.25, 0.3) is 5.91 Å². The number of aryl methyl sites for hydroxylation is 2. The van der Waals surface area contributed by atoms with Gasteiger partial charge in [0.2, 0.25) is 0 Å². The third kappa shape index (κ3) is 4.10. The molecule has 0 fully saturated rings. The SMILES string of the molecule is Cc1cc(S(C)(=O)=O)cc(C(=O)NC(C)c2nc(C)c(C(=O)O)s2)c1C. The van der Waals surface area contributed by atoms with Gasteiger partial charge < -0.3 is 10.4 Å². The van der Waals surface area contributed by atoms with Crippen molar-refractivity contribution < 1.29 is 23.1 Å². The average molecular weight is 396 g/mol. The fourth-order valence-corrected chi connectivity index (χ4v) is 4.04. The molecule has 1 aromatic carbocycles. The van der Waals surface area contributed by atoms with Gasteiger partial charge in [0, 0.05) is 11.8 Å². The molecule has 140 valence electrons. The monoisotopic (exact) mass is 396 g/mol. The number of carbonyl (C=O) groups excluding carboxylic acids is 1.